The Labute approximate surface area is 156 Å². The van der Waals surface area contributed by atoms with Crippen molar-refractivity contribution >= 4 is 28.2 Å². The lowest BCUT2D eigenvalue weighted by molar-refractivity contribution is -0.112. The van der Waals surface area contributed by atoms with Crippen LogP contribution in [0.1, 0.15) is 25.2 Å². The average molecular weight is 360 g/mol. The van der Waals surface area contributed by atoms with Crippen molar-refractivity contribution < 1.29 is 4.79 Å². The van der Waals surface area contributed by atoms with Crippen LogP contribution in [0.25, 0.3) is 10.9 Å². The molecule has 0 saturated heterocycles. The van der Waals surface area contributed by atoms with Crippen molar-refractivity contribution in [3.05, 3.63) is 70.3 Å². The number of fused-ring (bicyclic) bond motifs is 2. The van der Waals surface area contributed by atoms with Gasteiger partial charge in [0.05, 0.1) is 16.6 Å². The van der Waals surface area contributed by atoms with E-state index in [1.54, 1.807) is 30.0 Å². The molecule has 6 heteroatoms. The van der Waals surface area contributed by atoms with Crippen LogP contribution in [-0.2, 0) is 4.79 Å². The minimum Gasteiger partial charge on any atom is -0.306 e. The molecule has 0 atom stereocenters. The largest absolute Gasteiger partial charge is 0.306 e. The normalized spacial score (nSPS) is 15.2. The number of carbonyl (C=O) groups excluding carboxylic acids is 1. The van der Waals surface area contributed by atoms with Gasteiger partial charge in [-0.1, -0.05) is 44.2 Å². The van der Waals surface area contributed by atoms with Gasteiger partial charge >= 0.3 is 0 Å². The van der Waals surface area contributed by atoms with Crippen LogP contribution >= 0.6 is 0 Å². The van der Waals surface area contributed by atoms with Crippen molar-refractivity contribution in [1.29, 1.82) is 0 Å². The Morgan fingerprint density at radius 3 is 2.52 bits per heavy atom. The Balaban J connectivity index is 1.91. The molecular formula is C21H20N4O2. The summed E-state index contributed by atoms with van der Waals surface area (Å²) in [5.74, 6) is 0.566. The molecular weight excluding hydrogens is 340 g/mol. The molecule has 0 spiro atoms. The van der Waals surface area contributed by atoms with Gasteiger partial charge in [-0.3, -0.25) is 9.59 Å². The number of nitrogens with zero attached hydrogens (tertiary/aromatic N) is 4. The first kappa shape index (κ1) is 17.1. The fraction of sp³-hybridized carbons (Fsp3) is 0.238. The molecule has 0 radical (unpaired) electrons. The van der Waals surface area contributed by atoms with E-state index in [0.29, 0.717) is 29.2 Å². The molecule has 0 bridgehead atoms. The van der Waals surface area contributed by atoms with Gasteiger partial charge in [0.1, 0.15) is 5.82 Å². The molecule has 0 aliphatic carbocycles. The first-order valence-corrected chi connectivity index (χ1v) is 8.96. The number of anilines is 1. The third kappa shape index (κ3) is 2.83. The van der Waals surface area contributed by atoms with Gasteiger partial charge in [-0.25, -0.2) is 4.98 Å². The number of amides is 1. The summed E-state index contributed by atoms with van der Waals surface area (Å²) in [5, 5.41) is 4.93. The SMILES string of the molecule is Cc1nc2ccccc2c(=O)n1N=C1C(=O)N(CC(C)C)c2ccccc21. The number of hydrogen-bond donors (Lipinski definition) is 0. The minimum atomic E-state index is -0.279. The molecule has 0 fully saturated rings. The lowest BCUT2D eigenvalue weighted by Crippen LogP contribution is -2.34. The molecule has 2 aromatic carbocycles. The molecule has 3 aromatic rings. The quantitative estimate of drug-likeness (QED) is 0.721. The van der Waals surface area contributed by atoms with Crippen molar-refractivity contribution in [2.75, 3.05) is 11.4 Å². The fourth-order valence-corrected chi connectivity index (χ4v) is 3.36. The van der Waals surface area contributed by atoms with Crippen LogP contribution in [0.5, 0.6) is 0 Å². The summed E-state index contributed by atoms with van der Waals surface area (Å²) in [7, 11) is 0. The number of carbonyl (C=O) groups is 1. The van der Waals surface area contributed by atoms with Crippen molar-refractivity contribution in [1.82, 2.24) is 9.66 Å². The number of hydrogen-bond acceptors (Lipinski definition) is 4. The Morgan fingerprint density at radius 1 is 1.04 bits per heavy atom. The molecule has 1 amide bonds. The van der Waals surface area contributed by atoms with Crippen molar-refractivity contribution in [3.63, 3.8) is 0 Å². The number of para-hydroxylation sites is 2. The highest BCUT2D eigenvalue weighted by Gasteiger charge is 2.34. The summed E-state index contributed by atoms with van der Waals surface area (Å²) in [6, 6.07) is 14.7. The third-order valence-electron chi connectivity index (χ3n) is 4.56. The van der Waals surface area contributed by atoms with Crippen LogP contribution in [-0.4, -0.2) is 27.8 Å². The number of rotatable bonds is 3. The van der Waals surface area contributed by atoms with Gasteiger partial charge in [0.2, 0.25) is 0 Å². The van der Waals surface area contributed by atoms with Gasteiger partial charge in [-0.15, -0.1) is 0 Å². The van der Waals surface area contributed by atoms with Crippen LogP contribution in [0.3, 0.4) is 0 Å². The zero-order chi connectivity index (χ0) is 19.1. The Hall–Kier alpha value is -3.28. The Kier molecular flexibility index (Phi) is 4.11. The second kappa shape index (κ2) is 6.46. The lowest BCUT2D eigenvalue weighted by Gasteiger charge is -2.18. The van der Waals surface area contributed by atoms with Crippen LogP contribution in [0, 0.1) is 12.8 Å². The number of aryl methyl sites for hydroxylation is 1. The second-order valence-electron chi connectivity index (χ2n) is 7.07. The van der Waals surface area contributed by atoms with Gasteiger partial charge in [-0.05, 0) is 31.0 Å². The van der Waals surface area contributed by atoms with Gasteiger partial charge < -0.3 is 4.90 Å². The van der Waals surface area contributed by atoms with Crippen LogP contribution in [0.2, 0.25) is 0 Å². The summed E-state index contributed by atoms with van der Waals surface area (Å²) < 4.78 is 1.23. The van der Waals surface area contributed by atoms with E-state index in [9.17, 15) is 9.59 Å². The van der Waals surface area contributed by atoms with Gasteiger partial charge in [0.25, 0.3) is 11.5 Å². The first-order valence-electron chi connectivity index (χ1n) is 8.96. The summed E-state index contributed by atoms with van der Waals surface area (Å²) in [5.41, 5.74) is 2.18. The molecule has 1 aliphatic rings. The van der Waals surface area contributed by atoms with Crippen molar-refractivity contribution in [2.45, 2.75) is 20.8 Å². The fourth-order valence-electron chi connectivity index (χ4n) is 3.36. The summed E-state index contributed by atoms with van der Waals surface area (Å²) >= 11 is 0. The molecule has 0 unspecified atom stereocenters. The molecule has 136 valence electrons. The predicted molar refractivity (Wildman–Crippen MR) is 106 cm³/mol. The highest BCUT2D eigenvalue weighted by atomic mass is 16.2. The van der Waals surface area contributed by atoms with E-state index in [1.807, 2.05) is 30.3 Å². The van der Waals surface area contributed by atoms with Crippen LogP contribution in [0.4, 0.5) is 5.69 Å². The van der Waals surface area contributed by atoms with E-state index < -0.39 is 0 Å². The molecule has 4 rings (SSSR count). The summed E-state index contributed by atoms with van der Waals surface area (Å²) in [6.45, 7) is 6.44. The van der Waals surface area contributed by atoms with Crippen LogP contribution < -0.4 is 10.5 Å². The maximum Gasteiger partial charge on any atom is 0.282 e. The van der Waals surface area contributed by atoms with Gasteiger partial charge in [0, 0.05) is 12.1 Å². The average Bonchev–Trinajstić information content (AvgIpc) is 2.90. The maximum absolute atomic E-state index is 13.0. The number of aromatic nitrogens is 2. The van der Waals surface area contributed by atoms with E-state index in [2.05, 4.69) is 23.9 Å². The minimum absolute atomic E-state index is 0.190. The van der Waals surface area contributed by atoms with E-state index in [1.165, 1.54) is 4.68 Å². The van der Waals surface area contributed by atoms with E-state index in [0.717, 1.165) is 11.3 Å². The highest BCUT2D eigenvalue weighted by molar-refractivity contribution is 6.54. The number of benzene rings is 2. The molecule has 1 aliphatic heterocycles. The molecule has 0 N–H and O–H groups in total. The summed E-state index contributed by atoms with van der Waals surface area (Å²) in [6.07, 6.45) is 0. The topological polar surface area (TPSA) is 67.6 Å². The third-order valence-corrected chi connectivity index (χ3v) is 4.56. The zero-order valence-electron chi connectivity index (χ0n) is 15.5. The standard InChI is InChI=1S/C21H20N4O2/c1-13(2)12-24-18-11-7-5-9-16(18)19(21(24)27)23-25-14(3)22-17-10-6-4-8-15(17)20(25)26/h4-11,13H,12H2,1-3H3. The van der Waals surface area contributed by atoms with E-state index in [4.69, 9.17) is 0 Å². The van der Waals surface area contributed by atoms with Crippen molar-refractivity contribution in [2.24, 2.45) is 11.0 Å². The van der Waals surface area contributed by atoms with Gasteiger partial charge in [0.15, 0.2) is 5.71 Å². The second-order valence-corrected chi connectivity index (χ2v) is 7.07. The van der Waals surface area contributed by atoms with E-state index in [-0.39, 0.29) is 17.2 Å². The van der Waals surface area contributed by atoms with Crippen LogP contribution in [0.15, 0.2) is 58.4 Å². The Morgan fingerprint density at radius 2 is 1.74 bits per heavy atom. The smallest absolute Gasteiger partial charge is 0.282 e. The summed E-state index contributed by atoms with van der Waals surface area (Å²) in [4.78, 5) is 32.1. The predicted octanol–water partition coefficient (Wildman–Crippen LogP) is 2.96. The highest BCUT2D eigenvalue weighted by Crippen LogP contribution is 2.30. The molecule has 6 nitrogen and oxygen atoms in total. The first-order chi connectivity index (χ1) is 13.0. The molecule has 27 heavy (non-hydrogen) atoms. The van der Waals surface area contributed by atoms with E-state index >= 15 is 0 Å². The molecule has 1 aromatic heterocycles. The molecule has 2 heterocycles. The van der Waals surface area contributed by atoms with Crippen molar-refractivity contribution in [3.8, 4) is 0 Å². The zero-order valence-corrected chi connectivity index (χ0v) is 15.5. The Bertz CT molecular complexity index is 1140. The van der Waals surface area contributed by atoms with Gasteiger partial charge in [-0.2, -0.15) is 9.78 Å². The lowest BCUT2D eigenvalue weighted by atomic mass is 10.1. The maximum atomic E-state index is 13.0. The molecule has 0 saturated carbocycles. The monoisotopic (exact) mass is 360 g/mol.